The standard InChI is InChI=1S/C15H24N2O2/c1-10(2)14(16)15(18)17-11(3)9-12-7-5-6-8-13(12)19-4/h5-8,10-11,14H,9,16H2,1-4H3,(H,17,18)/t11?,14-/m0/s1. The summed E-state index contributed by atoms with van der Waals surface area (Å²) in [5, 5.41) is 2.94. The quantitative estimate of drug-likeness (QED) is 0.822. The normalized spacial score (nSPS) is 14.0. The fourth-order valence-electron chi connectivity index (χ4n) is 1.89. The Kier molecular flexibility index (Phi) is 5.83. The number of ether oxygens (including phenoxy) is 1. The average Bonchev–Trinajstić information content (AvgIpc) is 2.38. The summed E-state index contributed by atoms with van der Waals surface area (Å²) >= 11 is 0. The number of amides is 1. The fourth-order valence-corrected chi connectivity index (χ4v) is 1.89. The van der Waals surface area contributed by atoms with Gasteiger partial charge in [-0.1, -0.05) is 32.0 Å². The summed E-state index contributed by atoms with van der Waals surface area (Å²) in [6, 6.07) is 7.38. The van der Waals surface area contributed by atoms with E-state index in [1.54, 1.807) is 7.11 Å². The molecule has 0 fully saturated rings. The van der Waals surface area contributed by atoms with Crippen LogP contribution >= 0.6 is 0 Å². The molecule has 1 rings (SSSR count). The number of para-hydroxylation sites is 1. The molecule has 1 unspecified atom stereocenters. The molecule has 3 N–H and O–H groups in total. The van der Waals surface area contributed by atoms with Gasteiger partial charge in [0, 0.05) is 6.04 Å². The van der Waals surface area contributed by atoms with Crippen LogP contribution in [0.4, 0.5) is 0 Å². The second kappa shape index (κ2) is 7.14. The highest BCUT2D eigenvalue weighted by Gasteiger charge is 2.19. The summed E-state index contributed by atoms with van der Waals surface area (Å²) in [5.41, 5.74) is 6.90. The zero-order chi connectivity index (χ0) is 14.4. The van der Waals surface area contributed by atoms with Gasteiger partial charge in [0.05, 0.1) is 13.2 Å². The molecule has 0 aromatic heterocycles. The van der Waals surface area contributed by atoms with Crippen molar-refractivity contribution in [1.82, 2.24) is 5.32 Å². The Labute approximate surface area is 115 Å². The molecule has 1 aromatic carbocycles. The maximum atomic E-state index is 11.9. The largest absolute Gasteiger partial charge is 0.496 e. The molecule has 0 saturated heterocycles. The zero-order valence-corrected chi connectivity index (χ0v) is 12.1. The minimum absolute atomic E-state index is 0.0219. The Balaban J connectivity index is 2.60. The molecule has 0 aliphatic carbocycles. The minimum Gasteiger partial charge on any atom is -0.496 e. The molecule has 0 bridgehead atoms. The lowest BCUT2D eigenvalue weighted by molar-refractivity contribution is -0.123. The molecular weight excluding hydrogens is 240 g/mol. The summed E-state index contributed by atoms with van der Waals surface area (Å²) in [4.78, 5) is 11.9. The number of methoxy groups -OCH3 is 1. The van der Waals surface area contributed by atoms with E-state index >= 15 is 0 Å². The van der Waals surface area contributed by atoms with Crippen LogP contribution in [0, 0.1) is 5.92 Å². The van der Waals surface area contributed by atoms with E-state index in [0.717, 1.165) is 17.7 Å². The molecule has 106 valence electrons. The van der Waals surface area contributed by atoms with Crippen molar-refractivity contribution in [2.75, 3.05) is 7.11 Å². The SMILES string of the molecule is COc1ccccc1CC(C)NC(=O)[C@@H](N)C(C)C. The van der Waals surface area contributed by atoms with Crippen LogP contribution in [0.3, 0.4) is 0 Å². The van der Waals surface area contributed by atoms with Gasteiger partial charge < -0.3 is 15.8 Å². The molecule has 1 aromatic rings. The fraction of sp³-hybridized carbons (Fsp3) is 0.533. The van der Waals surface area contributed by atoms with Crippen molar-refractivity contribution in [3.8, 4) is 5.75 Å². The van der Waals surface area contributed by atoms with Crippen LogP contribution in [0.1, 0.15) is 26.3 Å². The number of nitrogens with one attached hydrogen (secondary N) is 1. The Morgan fingerprint density at radius 1 is 1.32 bits per heavy atom. The van der Waals surface area contributed by atoms with E-state index in [0.29, 0.717) is 0 Å². The molecule has 2 atom stereocenters. The summed E-state index contributed by atoms with van der Waals surface area (Å²) in [6.45, 7) is 5.85. The average molecular weight is 264 g/mol. The minimum atomic E-state index is -0.458. The molecule has 0 spiro atoms. The molecule has 0 heterocycles. The third-order valence-corrected chi connectivity index (χ3v) is 3.13. The lowest BCUT2D eigenvalue weighted by atomic mass is 10.0. The predicted molar refractivity (Wildman–Crippen MR) is 77.1 cm³/mol. The predicted octanol–water partition coefficient (Wildman–Crippen LogP) is 1.73. The van der Waals surface area contributed by atoms with Gasteiger partial charge in [-0.3, -0.25) is 4.79 Å². The summed E-state index contributed by atoms with van der Waals surface area (Å²) in [6.07, 6.45) is 0.723. The van der Waals surface area contributed by atoms with E-state index in [-0.39, 0.29) is 17.9 Å². The Hall–Kier alpha value is -1.55. The first-order valence-electron chi connectivity index (χ1n) is 6.63. The number of rotatable bonds is 6. The number of nitrogens with two attached hydrogens (primary N) is 1. The summed E-state index contributed by atoms with van der Waals surface area (Å²) in [7, 11) is 1.65. The molecule has 0 aliphatic heterocycles. The second-order valence-corrected chi connectivity index (χ2v) is 5.20. The number of benzene rings is 1. The van der Waals surface area contributed by atoms with E-state index in [1.807, 2.05) is 45.0 Å². The molecule has 19 heavy (non-hydrogen) atoms. The van der Waals surface area contributed by atoms with Crippen LogP contribution in [0.25, 0.3) is 0 Å². The van der Waals surface area contributed by atoms with Crippen molar-refractivity contribution in [1.29, 1.82) is 0 Å². The van der Waals surface area contributed by atoms with Gasteiger partial charge in [-0.25, -0.2) is 0 Å². The Morgan fingerprint density at radius 2 is 1.95 bits per heavy atom. The topological polar surface area (TPSA) is 64.3 Å². The van der Waals surface area contributed by atoms with Crippen molar-refractivity contribution in [2.45, 2.75) is 39.3 Å². The van der Waals surface area contributed by atoms with Gasteiger partial charge in [-0.2, -0.15) is 0 Å². The van der Waals surface area contributed by atoms with Gasteiger partial charge in [-0.15, -0.1) is 0 Å². The van der Waals surface area contributed by atoms with Gasteiger partial charge in [-0.05, 0) is 30.9 Å². The van der Waals surface area contributed by atoms with Gasteiger partial charge in [0.2, 0.25) is 5.91 Å². The number of hydrogen-bond acceptors (Lipinski definition) is 3. The highest BCUT2D eigenvalue weighted by molar-refractivity contribution is 5.82. The first kappa shape index (κ1) is 15.5. The smallest absolute Gasteiger partial charge is 0.237 e. The maximum Gasteiger partial charge on any atom is 0.237 e. The van der Waals surface area contributed by atoms with Crippen LogP contribution in [0.15, 0.2) is 24.3 Å². The van der Waals surface area contributed by atoms with E-state index in [2.05, 4.69) is 5.32 Å². The van der Waals surface area contributed by atoms with Crippen LogP contribution in [-0.2, 0) is 11.2 Å². The maximum absolute atomic E-state index is 11.9. The van der Waals surface area contributed by atoms with Crippen molar-refractivity contribution in [3.63, 3.8) is 0 Å². The van der Waals surface area contributed by atoms with Crippen LogP contribution < -0.4 is 15.8 Å². The molecular formula is C15H24N2O2. The van der Waals surface area contributed by atoms with Gasteiger partial charge in [0.25, 0.3) is 0 Å². The second-order valence-electron chi connectivity index (χ2n) is 5.20. The number of carbonyl (C=O) groups is 1. The van der Waals surface area contributed by atoms with Crippen molar-refractivity contribution in [2.24, 2.45) is 11.7 Å². The van der Waals surface area contributed by atoms with Crippen LogP contribution in [0.5, 0.6) is 5.75 Å². The molecule has 0 aliphatic rings. The van der Waals surface area contributed by atoms with E-state index in [1.165, 1.54) is 0 Å². The van der Waals surface area contributed by atoms with Crippen molar-refractivity contribution in [3.05, 3.63) is 29.8 Å². The summed E-state index contributed by atoms with van der Waals surface area (Å²) in [5.74, 6) is 0.882. The van der Waals surface area contributed by atoms with Gasteiger partial charge in [0.1, 0.15) is 5.75 Å². The summed E-state index contributed by atoms with van der Waals surface area (Å²) < 4.78 is 5.30. The third kappa shape index (κ3) is 4.56. The molecule has 1 amide bonds. The van der Waals surface area contributed by atoms with Gasteiger partial charge >= 0.3 is 0 Å². The Bertz CT molecular complexity index is 418. The van der Waals surface area contributed by atoms with Crippen LogP contribution in [-0.4, -0.2) is 25.1 Å². The van der Waals surface area contributed by atoms with Crippen molar-refractivity contribution >= 4 is 5.91 Å². The number of hydrogen-bond donors (Lipinski definition) is 2. The van der Waals surface area contributed by atoms with E-state index < -0.39 is 6.04 Å². The van der Waals surface area contributed by atoms with E-state index in [4.69, 9.17) is 10.5 Å². The Morgan fingerprint density at radius 3 is 2.53 bits per heavy atom. The first-order chi connectivity index (χ1) is 8.95. The molecule has 0 radical (unpaired) electrons. The highest BCUT2D eigenvalue weighted by Crippen LogP contribution is 2.18. The first-order valence-corrected chi connectivity index (χ1v) is 6.63. The van der Waals surface area contributed by atoms with Crippen LogP contribution in [0.2, 0.25) is 0 Å². The number of carbonyl (C=O) groups excluding carboxylic acids is 1. The highest BCUT2D eigenvalue weighted by atomic mass is 16.5. The monoisotopic (exact) mass is 264 g/mol. The third-order valence-electron chi connectivity index (χ3n) is 3.13. The zero-order valence-electron chi connectivity index (χ0n) is 12.1. The lowest BCUT2D eigenvalue weighted by Gasteiger charge is -2.20. The van der Waals surface area contributed by atoms with Gasteiger partial charge in [0.15, 0.2) is 0 Å². The van der Waals surface area contributed by atoms with E-state index in [9.17, 15) is 4.79 Å². The molecule has 4 nitrogen and oxygen atoms in total. The molecule has 0 saturated carbocycles. The van der Waals surface area contributed by atoms with Crippen molar-refractivity contribution < 1.29 is 9.53 Å². The molecule has 4 heteroatoms. The lowest BCUT2D eigenvalue weighted by Crippen LogP contribution is -2.47.